The van der Waals surface area contributed by atoms with Crippen LogP contribution in [0.1, 0.15) is 15.2 Å². The maximum atomic E-state index is 12.6. The molecule has 0 spiro atoms. The standard InChI is InChI=1S/C19H13NO6S/c1-24-12-6-7-16(14(9-12)20(22)23)26-19(21)17-8-11-10-25-15-5-3-2-4-13(15)18(11)27-17/h2-9H,10H2,1H3. The molecule has 4 rings (SSSR count). The first-order valence-corrected chi connectivity index (χ1v) is 8.78. The van der Waals surface area contributed by atoms with E-state index >= 15 is 0 Å². The maximum absolute atomic E-state index is 12.6. The lowest BCUT2D eigenvalue weighted by molar-refractivity contribution is -0.385. The molecule has 8 heteroatoms. The van der Waals surface area contributed by atoms with E-state index in [0.29, 0.717) is 17.2 Å². The van der Waals surface area contributed by atoms with E-state index in [1.165, 1.54) is 36.6 Å². The van der Waals surface area contributed by atoms with Crippen LogP contribution in [0, 0.1) is 10.1 Å². The molecule has 3 aromatic rings. The Hall–Kier alpha value is -3.39. The molecule has 0 atom stereocenters. The van der Waals surface area contributed by atoms with Gasteiger partial charge in [0.15, 0.2) is 0 Å². The number of nitro benzene ring substituents is 1. The molecule has 0 saturated heterocycles. The summed E-state index contributed by atoms with van der Waals surface area (Å²) in [6, 6.07) is 13.3. The molecule has 1 aliphatic rings. The number of benzene rings is 2. The zero-order chi connectivity index (χ0) is 19.0. The number of nitro groups is 1. The van der Waals surface area contributed by atoms with E-state index < -0.39 is 10.9 Å². The molecule has 2 aromatic carbocycles. The third-order valence-electron chi connectivity index (χ3n) is 4.09. The molecular weight excluding hydrogens is 370 g/mol. The average molecular weight is 383 g/mol. The number of methoxy groups -OCH3 is 1. The number of carbonyl (C=O) groups is 1. The van der Waals surface area contributed by atoms with Gasteiger partial charge in [0.2, 0.25) is 5.75 Å². The molecule has 2 heterocycles. The zero-order valence-electron chi connectivity index (χ0n) is 14.1. The van der Waals surface area contributed by atoms with E-state index in [-0.39, 0.29) is 11.4 Å². The van der Waals surface area contributed by atoms with Gasteiger partial charge in [0.1, 0.15) is 23.0 Å². The first kappa shape index (κ1) is 17.0. The fourth-order valence-electron chi connectivity index (χ4n) is 2.80. The van der Waals surface area contributed by atoms with Crippen LogP contribution in [0.2, 0.25) is 0 Å². The fourth-order valence-corrected chi connectivity index (χ4v) is 3.88. The lowest BCUT2D eigenvalue weighted by Gasteiger charge is -2.16. The lowest BCUT2D eigenvalue weighted by Crippen LogP contribution is -2.08. The summed E-state index contributed by atoms with van der Waals surface area (Å²) >= 11 is 1.28. The van der Waals surface area contributed by atoms with Gasteiger partial charge >= 0.3 is 11.7 Å². The molecule has 1 aliphatic heterocycles. The van der Waals surface area contributed by atoms with Crippen molar-refractivity contribution in [2.45, 2.75) is 6.61 Å². The average Bonchev–Trinajstić information content (AvgIpc) is 3.13. The third kappa shape index (κ3) is 3.11. The zero-order valence-corrected chi connectivity index (χ0v) is 14.9. The van der Waals surface area contributed by atoms with Crippen LogP contribution in [-0.2, 0) is 6.61 Å². The Morgan fingerprint density at radius 3 is 2.81 bits per heavy atom. The smallest absolute Gasteiger partial charge is 0.353 e. The van der Waals surface area contributed by atoms with E-state index in [2.05, 4.69) is 0 Å². The molecule has 136 valence electrons. The van der Waals surface area contributed by atoms with Crippen LogP contribution in [0.15, 0.2) is 48.5 Å². The number of esters is 1. The molecule has 1 aromatic heterocycles. The van der Waals surface area contributed by atoms with Gasteiger partial charge in [-0.3, -0.25) is 10.1 Å². The highest BCUT2D eigenvalue weighted by Crippen LogP contribution is 2.42. The van der Waals surface area contributed by atoms with Crippen molar-refractivity contribution in [2.24, 2.45) is 0 Å². The van der Waals surface area contributed by atoms with Crippen molar-refractivity contribution in [2.75, 3.05) is 7.11 Å². The second kappa shape index (κ2) is 6.73. The summed E-state index contributed by atoms with van der Waals surface area (Å²) in [7, 11) is 1.40. The molecule has 0 bridgehead atoms. The molecule has 0 fully saturated rings. The SMILES string of the molecule is COc1ccc(OC(=O)c2cc3c(s2)-c2ccccc2OC3)c([N+](=O)[O-])c1. The lowest BCUT2D eigenvalue weighted by atomic mass is 10.1. The predicted octanol–water partition coefficient (Wildman–Crippen LogP) is 4.44. The summed E-state index contributed by atoms with van der Waals surface area (Å²) in [5.74, 6) is 0.286. The van der Waals surface area contributed by atoms with E-state index in [1.54, 1.807) is 6.07 Å². The second-order valence-electron chi connectivity index (χ2n) is 5.73. The van der Waals surface area contributed by atoms with E-state index in [1.807, 2.05) is 24.3 Å². The number of hydrogen-bond donors (Lipinski definition) is 0. The summed E-state index contributed by atoms with van der Waals surface area (Å²) in [5.41, 5.74) is 1.46. The molecule has 0 amide bonds. The van der Waals surface area contributed by atoms with Crippen LogP contribution in [0.25, 0.3) is 10.4 Å². The van der Waals surface area contributed by atoms with Gasteiger partial charge in [0, 0.05) is 16.0 Å². The van der Waals surface area contributed by atoms with E-state index in [0.717, 1.165) is 21.8 Å². The van der Waals surface area contributed by atoms with Crippen LogP contribution in [0.4, 0.5) is 5.69 Å². The van der Waals surface area contributed by atoms with Crippen molar-refractivity contribution in [1.82, 2.24) is 0 Å². The fraction of sp³-hybridized carbons (Fsp3) is 0.105. The van der Waals surface area contributed by atoms with Crippen LogP contribution in [-0.4, -0.2) is 18.0 Å². The van der Waals surface area contributed by atoms with Gasteiger partial charge in [0.25, 0.3) is 0 Å². The van der Waals surface area contributed by atoms with E-state index in [4.69, 9.17) is 14.2 Å². The summed E-state index contributed by atoms with van der Waals surface area (Å²) in [6.07, 6.45) is 0. The Bertz CT molecular complexity index is 1060. The number of nitrogens with zero attached hydrogens (tertiary/aromatic N) is 1. The van der Waals surface area contributed by atoms with Gasteiger partial charge in [0.05, 0.1) is 18.1 Å². The largest absolute Gasteiger partial charge is 0.496 e. The van der Waals surface area contributed by atoms with Crippen molar-refractivity contribution in [3.8, 4) is 27.7 Å². The summed E-state index contributed by atoms with van der Waals surface area (Å²) < 4.78 is 16.0. The van der Waals surface area contributed by atoms with Gasteiger partial charge < -0.3 is 14.2 Å². The van der Waals surface area contributed by atoms with Gasteiger partial charge in [-0.1, -0.05) is 12.1 Å². The molecule has 0 radical (unpaired) electrons. The maximum Gasteiger partial charge on any atom is 0.353 e. The minimum atomic E-state index is -0.653. The monoisotopic (exact) mass is 383 g/mol. The van der Waals surface area contributed by atoms with Gasteiger partial charge in [-0.25, -0.2) is 4.79 Å². The van der Waals surface area contributed by atoms with E-state index in [9.17, 15) is 14.9 Å². The Kier molecular flexibility index (Phi) is 4.25. The van der Waals surface area contributed by atoms with Crippen molar-refractivity contribution in [3.63, 3.8) is 0 Å². The Morgan fingerprint density at radius 1 is 1.22 bits per heavy atom. The number of carbonyl (C=O) groups excluding carboxylic acids is 1. The number of para-hydroxylation sites is 1. The number of hydrogen-bond acceptors (Lipinski definition) is 7. The quantitative estimate of drug-likeness (QED) is 0.286. The van der Waals surface area contributed by atoms with Gasteiger partial charge in [-0.15, -0.1) is 11.3 Å². The summed E-state index contributed by atoms with van der Waals surface area (Å²) in [5, 5.41) is 11.2. The van der Waals surface area contributed by atoms with Crippen LogP contribution in [0.5, 0.6) is 17.2 Å². The molecule has 0 saturated carbocycles. The predicted molar refractivity (Wildman–Crippen MR) is 98.7 cm³/mol. The normalized spacial score (nSPS) is 11.7. The van der Waals surface area contributed by atoms with Gasteiger partial charge in [-0.05, 0) is 30.3 Å². The number of thiophene rings is 1. The topological polar surface area (TPSA) is 87.9 Å². The highest BCUT2D eigenvalue weighted by atomic mass is 32.1. The highest BCUT2D eigenvalue weighted by Gasteiger charge is 2.25. The molecular formula is C19H13NO6S. The second-order valence-corrected chi connectivity index (χ2v) is 6.78. The van der Waals surface area contributed by atoms with Crippen LogP contribution in [0.3, 0.4) is 0 Å². The molecule has 0 unspecified atom stereocenters. The van der Waals surface area contributed by atoms with Crippen molar-refractivity contribution < 1.29 is 23.9 Å². The number of rotatable bonds is 4. The van der Waals surface area contributed by atoms with Crippen molar-refractivity contribution >= 4 is 23.0 Å². The molecule has 27 heavy (non-hydrogen) atoms. The Morgan fingerprint density at radius 2 is 2.04 bits per heavy atom. The Labute approximate surface area is 157 Å². The first-order chi connectivity index (χ1) is 13.1. The molecule has 7 nitrogen and oxygen atoms in total. The summed E-state index contributed by atoms with van der Waals surface area (Å²) in [6.45, 7) is 0.360. The minimum Gasteiger partial charge on any atom is -0.496 e. The molecule has 0 N–H and O–H groups in total. The van der Waals surface area contributed by atoms with Gasteiger partial charge in [-0.2, -0.15) is 0 Å². The van der Waals surface area contributed by atoms with Crippen molar-refractivity contribution in [3.05, 3.63) is 69.1 Å². The van der Waals surface area contributed by atoms with Crippen molar-refractivity contribution in [1.29, 1.82) is 0 Å². The van der Waals surface area contributed by atoms with Crippen LogP contribution >= 0.6 is 11.3 Å². The first-order valence-electron chi connectivity index (χ1n) is 7.96. The highest BCUT2D eigenvalue weighted by molar-refractivity contribution is 7.17. The third-order valence-corrected chi connectivity index (χ3v) is 5.28. The number of ether oxygens (including phenoxy) is 3. The van der Waals surface area contributed by atoms with Crippen LogP contribution < -0.4 is 14.2 Å². The summed E-state index contributed by atoms with van der Waals surface area (Å²) in [4.78, 5) is 24.5. The molecule has 0 aliphatic carbocycles. The Balaban J connectivity index is 1.65. The number of fused-ring (bicyclic) bond motifs is 3. The minimum absolute atomic E-state index is 0.131.